The van der Waals surface area contributed by atoms with Gasteiger partial charge in [0.15, 0.2) is 0 Å². The molecule has 0 saturated heterocycles. The SMILES string of the molecule is Cc1ccc(C(=O)NCc2ccccc2CS(=O)(=O)NC(C)C)cc1. The molecule has 2 aromatic rings. The number of rotatable bonds is 7. The van der Waals surface area contributed by atoms with E-state index in [-0.39, 0.29) is 24.2 Å². The molecule has 2 rings (SSSR count). The van der Waals surface area contributed by atoms with Crippen LogP contribution in [-0.4, -0.2) is 20.4 Å². The van der Waals surface area contributed by atoms with Crippen LogP contribution in [0.15, 0.2) is 48.5 Å². The Morgan fingerprint density at radius 3 is 2.20 bits per heavy atom. The third kappa shape index (κ3) is 5.99. The van der Waals surface area contributed by atoms with Crippen molar-refractivity contribution < 1.29 is 13.2 Å². The summed E-state index contributed by atoms with van der Waals surface area (Å²) in [6.45, 7) is 5.81. The van der Waals surface area contributed by atoms with E-state index in [1.165, 1.54) is 0 Å². The summed E-state index contributed by atoms with van der Waals surface area (Å²) in [5, 5.41) is 2.85. The Morgan fingerprint density at radius 2 is 1.60 bits per heavy atom. The molecule has 0 aliphatic heterocycles. The molecular weight excluding hydrogens is 336 g/mol. The molecule has 1 amide bonds. The number of sulfonamides is 1. The van der Waals surface area contributed by atoms with Gasteiger partial charge in [-0.3, -0.25) is 4.79 Å². The van der Waals surface area contributed by atoms with Crippen LogP contribution in [0.5, 0.6) is 0 Å². The van der Waals surface area contributed by atoms with Crippen molar-refractivity contribution in [1.82, 2.24) is 10.0 Å². The van der Waals surface area contributed by atoms with Crippen molar-refractivity contribution in [3.05, 3.63) is 70.8 Å². The van der Waals surface area contributed by atoms with Crippen LogP contribution in [-0.2, 0) is 22.3 Å². The molecule has 2 N–H and O–H groups in total. The average molecular weight is 360 g/mol. The number of hydrogen-bond acceptors (Lipinski definition) is 3. The van der Waals surface area contributed by atoms with Gasteiger partial charge < -0.3 is 5.32 Å². The monoisotopic (exact) mass is 360 g/mol. The van der Waals surface area contributed by atoms with Gasteiger partial charge in [0.05, 0.1) is 5.75 Å². The van der Waals surface area contributed by atoms with E-state index in [2.05, 4.69) is 10.0 Å². The zero-order valence-electron chi connectivity index (χ0n) is 14.7. The molecule has 0 aliphatic carbocycles. The van der Waals surface area contributed by atoms with E-state index in [1.54, 1.807) is 38.1 Å². The number of carbonyl (C=O) groups is 1. The number of hydrogen-bond donors (Lipinski definition) is 2. The van der Waals surface area contributed by atoms with Gasteiger partial charge in [-0.1, -0.05) is 42.0 Å². The largest absolute Gasteiger partial charge is 0.348 e. The first-order valence-electron chi connectivity index (χ1n) is 8.18. The first kappa shape index (κ1) is 19.1. The Bertz CT molecular complexity index is 828. The molecule has 134 valence electrons. The van der Waals surface area contributed by atoms with Crippen molar-refractivity contribution in [3.63, 3.8) is 0 Å². The number of amides is 1. The maximum absolute atomic E-state index is 12.2. The Labute approximate surface area is 149 Å². The van der Waals surface area contributed by atoms with Gasteiger partial charge in [-0.15, -0.1) is 0 Å². The second-order valence-corrected chi connectivity index (χ2v) is 8.10. The highest BCUT2D eigenvalue weighted by Crippen LogP contribution is 2.13. The predicted octanol–water partition coefficient (Wildman–Crippen LogP) is 2.75. The minimum absolute atomic E-state index is 0.109. The zero-order chi connectivity index (χ0) is 18.4. The summed E-state index contributed by atoms with van der Waals surface area (Å²) in [6.07, 6.45) is 0. The van der Waals surface area contributed by atoms with E-state index in [4.69, 9.17) is 0 Å². The second kappa shape index (κ2) is 8.27. The molecule has 0 heterocycles. The lowest BCUT2D eigenvalue weighted by Crippen LogP contribution is -2.31. The molecule has 5 nitrogen and oxygen atoms in total. The van der Waals surface area contributed by atoms with E-state index in [9.17, 15) is 13.2 Å². The standard InChI is InChI=1S/C19H24N2O3S/c1-14(2)21-25(23,24)13-18-7-5-4-6-17(18)12-20-19(22)16-10-8-15(3)9-11-16/h4-11,14,21H,12-13H2,1-3H3,(H,20,22). The van der Waals surface area contributed by atoms with Crippen molar-refractivity contribution in [2.24, 2.45) is 0 Å². The molecule has 0 bridgehead atoms. The van der Waals surface area contributed by atoms with E-state index in [1.807, 2.05) is 31.2 Å². The maximum atomic E-state index is 12.2. The third-order valence-electron chi connectivity index (χ3n) is 3.63. The van der Waals surface area contributed by atoms with Gasteiger partial charge >= 0.3 is 0 Å². The van der Waals surface area contributed by atoms with Gasteiger partial charge in [-0.25, -0.2) is 13.1 Å². The van der Waals surface area contributed by atoms with Crippen LogP contribution in [0.4, 0.5) is 0 Å². The number of aryl methyl sites for hydroxylation is 1. The lowest BCUT2D eigenvalue weighted by atomic mass is 10.1. The van der Waals surface area contributed by atoms with Crippen LogP contribution in [0.25, 0.3) is 0 Å². The fraction of sp³-hybridized carbons (Fsp3) is 0.316. The fourth-order valence-electron chi connectivity index (χ4n) is 2.46. The van der Waals surface area contributed by atoms with E-state index in [0.29, 0.717) is 11.1 Å². The molecule has 0 atom stereocenters. The van der Waals surface area contributed by atoms with Crippen LogP contribution in [0.2, 0.25) is 0 Å². The predicted molar refractivity (Wildman–Crippen MR) is 99.7 cm³/mol. The molecule has 0 fully saturated rings. The van der Waals surface area contributed by atoms with Crippen molar-refractivity contribution >= 4 is 15.9 Å². The van der Waals surface area contributed by atoms with Crippen LogP contribution >= 0.6 is 0 Å². The van der Waals surface area contributed by atoms with Gasteiger partial charge in [-0.2, -0.15) is 0 Å². The van der Waals surface area contributed by atoms with Crippen molar-refractivity contribution in [3.8, 4) is 0 Å². The molecule has 0 unspecified atom stereocenters. The van der Waals surface area contributed by atoms with Crippen molar-refractivity contribution in [2.75, 3.05) is 0 Å². The summed E-state index contributed by atoms with van der Waals surface area (Å²) in [4.78, 5) is 12.2. The quantitative estimate of drug-likeness (QED) is 0.797. The molecule has 2 aromatic carbocycles. The summed E-state index contributed by atoms with van der Waals surface area (Å²) in [5.41, 5.74) is 3.14. The Balaban J connectivity index is 2.08. The number of carbonyl (C=O) groups excluding carboxylic acids is 1. The summed E-state index contributed by atoms with van der Waals surface area (Å²) in [5.74, 6) is -0.292. The Hall–Kier alpha value is -2.18. The van der Waals surface area contributed by atoms with E-state index in [0.717, 1.165) is 11.1 Å². The molecule has 0 spiro atoms. The third-order valence-corrected chi connectivity index (χ3v) is 5.15. The molecule has 25 heavy (non-hydrogen) atoms. The van der Waals surface area contributed by atoms with Gasteiger partial charge in [0.2, 0.25) is 10.0 Å². The summed E-state index contributed by atoms with van der Waals surface area (Å²) >= 11 is 0. The molecule has 0 aromatic heterocycles. The average Bonchev–Trinajstić information content (AvgIpc) is 2.52. The van der Waals surface area contributed by atoms with Crippen LogP contribution < -0.4 is 10.0 Å². The van der Waals surface area contributed by atoms with Crippen molar-refractivity contribution in [1.29, 1.82) is 0 Å². The normalized spacial score (nSPS) is 11.5. The fourth-order valence-corrected chi connectivity index (χ4v) is 3.95. The molecule has 0 radical (unpaired) electrons. The minimum Gasteiger partial charge on any atom is -0.348 e. The first-order chi connectivity index (χ1) is 11.8. The molecule has 0 aliphatic rings. The smallest absolute Gasteiger partial charge is 0.251 e. The lowest BCUT2D eigenvalue weighted by Gasteiger charge is -2.13. The van der Waals surface area contributed by atoms with Gasteiger partial charge in [0.1, 0.15) is 0 Å². The van der Waals surface area contributed by atoms with E-state index < -0.39 is 10.0 Å². The highest BCUT2D eigenvalue weighted by atomic mass is 32.2. The topological polar surface area (TPSA) is 75.3 Å². The molecule has 0 saturated carbocycles. The van der Waals surface area contributed by atoms with Gasteiger partial charge in [0.25, 0.3) is 5.91 Å². The summed E-state index contributed by atoms with van der Waals surface area (Å²) < 4.78 is 26.9. The maximum Gasteiger partial charge on any atom is 0.251 e. The summed E-state index contributed by atoms with van der Waals surface area (Å²) in [7, 11) is -3.41. The minimum atomic E-state index is -3.41. The zero-order valence-corrected chi connectivity index (χ0v) is 15.6. The second-order valence-electron chi connectivity index (χ2n) is 6.35. The lowest BCUT2D eigenvalue weighted by molar-refractivity contribution is 0.0951. The highest BCUT2D eigenvalue weighted by Gasteiger charge is 2.15. The Morgan fingerprint density at radius 1 is 1.00 bits per heavy atom. The first-order valence-corrected chi connectivity index (χ1v) is 9.84. The van der Waals surface area contributed by atoms with Crippen molar-refractivity contribution in [2.45, 2.75) is 39.1 Å². The van der Waals surface area contributed by atoms with Crippen LogP contribution in [0, 0.1) is 6.92 Å². The Kier molecular flexibility index (Phi) is 6.33. The van der Waals surface area contributed by atoms with Crippen LogP contribution in [0.1, 0.15) is 40.9 Å². The highest BCUT2D eigenvalue weighted by molar-refractivity contribution is 7.88. The number of benzene rings is 2. The van der Waals surface area contributed by atoms with E-state index >= 15 is 0 Å². The number of nitrogens with one attached hydrogen (secondary N) is 2. The molecule has 6 heteroatoms. The van der Waals surface area contributed by atoms with Gasteiger partial charge in [0, 0.05) is 18.2 Å². The molecular formula is C19H24N2O3S. The van der Waals surface area contributed by atoms with Gasteiger partial charge in [-0.05, 0) is 44.0 Å². The summed E-state index contributed by atoms with van der Waals surface area (Å²) in [6, 6.07) is 14.4. The van der Waals surface area contributed by atoms with Crippen LogP contribution in [0.3, 0.4) is 0 Å².